The van der Waals surface area contributed by atoms with Gasteiger partial charge in [-0.05, 0) is 43.6 Å². The van der Waals surface area contributed by atoms with Crippen molar-refractivity contribution in [3.05, 3.63) is 34.9 Å². The standard InChI is InChI=1S/C17H24N2OS/c1-12-6-7-15(13(2)9-12)17-18-10-16(20)19(17)11-14-5-3-4-8-21-14/h6-7,9,14,17-18H,3-5,8,10-11H2,1-2H3. The molecule has 0 saturated carbocycles. The highest BCUT2D eigenvalue weighted by molar-refractivity contribution is 7.99. The normalized spacial score (nSPS) is 26.4. The van der Waals surface area contributed by atoms with Crippen molar-refractivity contribution >= 4 is 17.7 Å². The van der Waals surface area contributed by atoms with Gasteiger partial charge in [0.15, 0.2) is 0 Å². The predicted octanol–water partition coefficient (Wildman–Crippen LogP) is 3.02. The molecule has 114 valence electrons. The summed E-state index contributed by atoms with van der Waals surface area (Å²) in [5.74, 6) is 1.49. The molecule has 3 nitrogen and oxygen atoms in total. The minimum Gasteiger partial charge on any atom is -0.321 e. The van der Waals surface area contributed by atoms with Crippen LogP contribution in [0.4, 0.5) is 0 Å². The Morgan fingerprint density at radius 3 is 2.90 bits per heavy atom. The zero-order valence-corrected chi connectivity index (χ0v) is 13.7. The maximum absolute atomic E-state index is 12.3. The third-order valence-corrected chi connectivity index (χ3v) is 5.85. The Balaban J connectivity index is 1.78. The van der Waals surface area contributed by atoms with Crippen molar-refractivity contribution < 1.29 is 4.79 Å². The molecule has 0 radical (unpaired) electrons. The number of hydrogen-bond acceptors (Lipinski definition) is 3. The molecule has 2 aliphatic rings. The van der Waals surface area contributed by atoms with Crippen LogP contribution < -0.4 is 5.32 Å². The molecular formula is C17H24N2OS. The molecule has 2 heterocycles. The molecule has 1 amide bonds. The van der Waals surface area contributed by atoms with Crippen molar-refractivity contribution in [1.29, 1.82) is 0 Å². The number of aryl methyl sites for hydroxylation is 2. The molecule has 2 unspecified atom stereocenters. The van der Waals surface area contributed by atoms with E-state index in [9.17, 15) is 4.79 Å². The number of rotatable bonds is 3. The summed E-state index contributed by atoms with van der Waals surface area (Å²) >= 11 is 2.03. The average molecular weight is 304 g/mol. The molecule has 0 aliphatic carbocycles. The highest BCUT2D eigenvalue weighted by Gasteiger charge is 2.34. The molecule has 2 aliphatic heterocycles. The van der Waals surface area contributed by atoms with Gasteiger partial charge in [0.2, 0.25) is 5.91 Å². The fraction of sp³-hybridized carbons (Fsp3) is 0.588. The van der Waals surface area contributed by atoms with Crippen LogP contribution in [-0.4, -0.2) is 34.9 Å². The van der Waals surface area contributed by atoms with Gasteiger partial charge < -0.3 is 4.90 Å². The zero-order valence-electron chi connectivity index (χ0n) is 12.9. The van der Waals surface area contributed by atoms with Crippen LogP contribution in [0.2, 0.25) is 0 Å². The second-order valence-corrected chi connectivity index (χ2v) is 7.59. The van der Waals surface area contributed by atoms with E-state index in [-0.39, 0.29) is 12.1 Å². The SMILES string of the molecule is Cc1ccc(C2NCC(=O)N2CC2CCCCS2)c(C)c1. The minimum atomic E-state index is 0.0561. The molecule has 0 bridgehead atoms. The Morgan fingerprint density at radius 2 is 2.19 bits per heavy atom. The zero-order chi connectivity index (χ0) is 14.8. The lowest BCUT2D eigenvalue weighted by molar-refractivity contribution is -0.128. The van der Waals surface area contributed by atoms with Gasteiger partial charge in [0, 0.05) is 11.8 Å². The number of nitrogens with one attached hydrogen (secondary N) is 1. The van der Waals surface area contributed by atoms with Gasteiger partial charge in [-0.2, -0.15) is 11.8 Å². The first-order valence-electron chi connectivity index (χ1n) is 7.87. The molecule has 0 aromatic heterocycles. The van der Waals surface area contributed by atoms with Gasteiger partial charge in [0.05, 0.1) is 6.54 Å². The summed E-state index contributed by atoms with van der Waals surface area (Å²) in [5, 5.41) is 4.00. The van der Waals surface area contributed by atoms with E-state index in [0.717, 1.165) is 6.54 Å². The van der Waals surface area contributed by atoms with Crippen molar-refractivity contribution in [2.75, 3.05) is 18.8 Å². The van der Waals surface area contributed by atoms with E-state index < -0.39 is 0 Å². The molecule has 3 rings (SSSR count). The molecule has 1 aromatic carbocycles. The lowest BCUT2D eigenvalue weighted by atomic mass is 10.0. The van der Waals surface area contributed by atoms with Crippen LogP contribution in [0.1, 0.15) is 42.1 Å². The summed E-state index contributed by atoms with van der Waals surface area (Å²) in [6.07, 6.45) is 3.93. The Hall–Kier alpha value is -1.00. The van der Waals surface area contributed by atoms with Crippen molar-refractivity contribution in [3.63, 3.8) is 0 Å². The maximum atomic E-state index is 12.3. The second kappa shape index (κ2) is 6.41. The fourth-order valence-electron chi connectivity index (χ4n) is 3.33. The quantitative estimate of drug-likeness (QED) is 0.931. The number of carbonyl (C=O) groups is 1. The molecule has 4 heteroatoms. The van der Waals surface area contributed by atoms with Crippen molar-refractivity contribution in [3.8, 4) is 0 Å². The van der Waals surface area contributed by atoms with Gasteiger partial charge in [-0.25, -0.2) is 0 Å². The van der Waals surface area contributed by atoms with E-state index in [1.807, 2.05) is 11.8 Å². The number of nitrogens with zero attached hydrogens (tertiary/aromatic N) is 1. The van der Waals surface area contributed by atoms with Crippen LogP contribution in [-0.2, 0) is 4.79 Å². The Labute approximate surface area is 131 Å². The maximum Gasteiger partial charge on any atom is 0.238 e. The largest absolute Gasteiger partial charge is 0.321 e. The molecule has 2 atom stereocenters. The molecular weight excluding hydrogens is 280 g/mol. The van der Waals surface area contributed by atoms with Gasteiger partial charge in [-0.3, -0.25) is 10.1 Å². The van der Waals surface area contributed by atoms with Crippen LogP contribution >= 0.6 is 11.8 Å². The van der Waals surface area contributed by atoms with E-state index in [4.69, 9.17) is 0 Å². The summed E-state index contributed by atoms with van der Waals surface area (Å²) in [7, 11) is 0. The number of amides is 1. The van der Waals surface area contributed by atoms with E-state index >= 15 is 0 Å². The molecule has 21 heavy (non-hydrogen) atoms. The topological polar surface area (TPSA) is 32.3 Å². The summed E-state index contributed by atoms with van der Waals surface area (Å²) in [6.45, 7) is 5.60. The second-order valence-electron chi connectivity index (χ2n) is 6.18. The smallest absolute Gasteiger partial charge is 0.238 e. The van der Waals surface area contributed by atoms with Gasteiger partial charge in [0.25, 0.3) is 0 Å². The van der Waals surface area contributed by atoms with E-state index in [2.05, 4.69) is 42.3 Å². The third-order valence-electron chi connectivity index (χ3n) is 4.47. The molecule has 2 fully saturated rings. The number of benzene rings is 1. The summed E-state index contributed by atoms with van der Waals surface area (Å²) in [6, 6.07) is 6.51. The minimum absolute atomic E-state index is 0.0561. The Bertz CT molecular complexity index is 526. The number of carbonyl (C=O) groups excluding carboxylic acids is 1. The van der Waals surface area contributed by atoms with Crippen molar-refractivity contribution in [1.82, 2.24) is 10.2 Å². The lowest BCUT2D eigenvalue weighted by Gasteiger charge is -2.31. The van der Waals surface area contributed by atoms with E-state index in [0.29, 0.717) is 11.8 Å². The fourth-order valence-corrected chi connectivity index (χ4v) is 4.63. The molecule has 2 saturated heterocycles. The summed E-state index contributed by atoms with van der Waals surface area (Å²) in [5.41, 5.74) is 3.78. The molecule has 1 N–H and O–H groups in total. The highest BCUT2D eigenvalue weighted by Crippen LogP contribution is 2.31. The number of thioether (sulfide) groups is 1. The van der Waals surface area contributed by atoms with E-state index in [1.165, 1.54) is 41.7 Å². The van der Waals surface area contributed by atoms with Crippen molar-refractivity contribution in [2.45, 2.75) is 44.5 Å². The van der Waals surface area contributed by atoms with Gasteiger partial charge >= 0.3 is 0 Å². The highest BCUT2D eigenvalue weighted by atomic mass is 32.2. The lowest BCUT2D eigenvalue weighted by Crippen LogP contribution is -2.37. The number of hydrogen-bond donors (Lipinski definition) is 1. The van der Waals surface area contributed by atoms with Gasteiger partial charge in [-0.15, -0.1) is 0 Å². The first kappa shape index (κ1) is 14.9. The van der Waals surface area contributed by atoms with Crippen LogP contribution in [0.15, 0.2) is 18.2 Å². The van der Waals surface area contributed by atoms with E-state index in [1.54, 1.807) is 0 Å². The summed E-state index contributed by atoms with van der Waals surface area (Å²) < 4.78 is 0. The average Bonchev–Trinajstić information content (AvgIpc) is 2.82. The monoisotopic (exact) mass is 304 g/mol. The van der Waals surface area contributed by atoms with Crippen LogP contribution in [0.5, 0.6) is 0 Å². The Morgan fingerprint density at radius 1 is 1.33 bits per heavy atom. The van der Waals surface area contributed by atoms with Crippen molar-refractivity contribution in [2.24, 2.45) is 0 Å². The molecule has 1 aromatic rings. The first-order chi connectivity index (χ1) is 10.1. The third kappa shape index (κ3) is 3.27. The predicted molar refractivity (Wildman–Crippen MR) is 88.5 cm³/mol. The van der Waals surface area contributed by atoms with Crippen LogP contribution in [0.3, 0.4) is 0 Å². The van der Waals surface area contributed by atoms with Gasteiger partial charge in [0.1, 0.15) is 6.17 Å². The van der Waals surface area contributed by atoms with Crippen LogP contribution in [0.25, 0.3) is 0 Å². The first-order valence-corrected chi connectivity index (χ1v) is 8.91. The van der Waals surface area contributed by atoms with Gasteiger partial charge in [-0.1, -0.05) is 30.2 Å². The molecule has 0 spiro atoms. The summed E-state index contributed by atoms with van der Waals surface area (Å²) in [4.78, 5) is 14.3. The Kier molecular flexibility index (Phi) is 4.55. The van der Waals surface area contributed by atoms with Crippen LogP contribution in [0, 0.1) is 13.8 Å².